The Morgan fingerprint density at radius 2 is 2.33 bits per heavy atom. The van der Waals surface area contributed by atoms with Gasteiger partial charge in [-0.15, -0.1) is 0 Å². The molecule has 0 unspecified atom stereocenters. The predicted molar refractivity (Wildman–Crippen MR) is 34.7 cm³/mol. The van der Waals surface area contributed by atoms with E-state index in [0.29, 0.717) is 0 Å². The lowest BCUT2D eigenvalue weighted by atomic mass is 10.3. The van der Waals surface area contributed by atoms with Crippen LogP contribution in [0.25, 0.3) is 0 Å². The minimum absolute atomic E-state index is 0.0687. The summed E-state index contributed by atoms with van der Waals surface area (Å²) in [5.74, 6) is 1.46. The standard InChI is InChI=1S/C7H8O2/c1-2-4-7(9)5-3-6-8/h2-4H,5H2,1H3. The van der Waals surface area contributed by atoms with Crippen molar-refractivity contribution in [1.29, 1.82) is 0 Å². The van der Waals surface area contributed by atoms with E-state index in [0.717, 1.165) is 0 Å². The van der Waals surface area contributed by atoms with Crippen LogP contribution in [-0.4, -0.2) is 11.7 Å². The van der Waals surface area contributed by atoms with Gasteiger partial charge in [-0.25, -0.2) is 4.79 Å². The van der Waals surface area contributed by atoms with Crippen LogP contribution in [0.4, 0.5) is 0 Å². The Bertz CT molecular complexity index is 162. The minimum Gasteiger partial charge on any atom is -0.294 e. The van der Waals surface area contributed by atoms with E-state index < -0.39 is 0 Å². The van der Waals surface area contributed by atoms with Gasteiger partial charge < -0.3 is 0 Å². The van der Waals surface area contributed by atoms with Gasteiger partial charge in [0.25, 0.3) is 0 Å². The van der Waals surface area contributed by atoms with E-state index in [1.165, 1.54) is 18.1 Å². The first kappa shape index (κ1) is 7.86. The van der Waals surface area contributed by atoms with E-state index in [-0.39, 0.29) is 12.2 Å². The highest BCUT2D eigenvalue weighted by Gasteiger charge is 1.88. The van der Waals surface area contributed by atoms with Crippen LogP contribution in [-0.2, 0) is 9.59 Å². The fraction of sp³-hybridized carbons (Fsp3) is 0.286. The number of rotatable bonds is 3. The lowest BCUT2D eigenvalue weighted by molar-refractivity contribution is -0.113. The molecule has 9 heavy (non-hydrogen) atoms. The highest BCUT2D eigenvalue weighted by atomic mass is 16.1. The van der Waals surface area contributed by atoms with E-state index >= 15 is 0 Å². The monoisotopic (exact) mass is 124 g/mol. The average Bonchev–Trinajstić information content (AvgIpc) is 1.85. The summed E-state index contributed by atoms with van der Waals surface area (Å²) in [4.78, 5) is 20.1. The third-order valence-corrected chi connectivity index (χ3v) is 0.739. The molecule has 0 saturated carbocycles. The molecule has 0 saturated heterocycles. The molecule has 0 aromatic heterocycles. The Labute approximate surface area is 53.9 Å². The van der Waals surface area contributed by atoms with Crippen LogP contribution in [0, 0.1) is 0 Å². The van der Waals surface area contributed by atoms with Crippen molar-refractivity contribution in [2.75, 3.05) is 0 Å². The molecular weight excluding hydrogens is 116 g/mol. The van der Waals surface area contributed by atoms with Crippen LogP contribution >= 0.6 is 0 Å². The second-order valence-corrected chi connectivity index (χ2v) is 1.49. The summed E-state index contributed by atoms with van der Waals surface area (Å²) in [5.41, 5.74) is 0. The largest absolute Gasteiger partial charge is 0.294 e. The molecule has 0 aliphatic rings. The maximum Gasteiger partial charge on any atom is 0.159 e. The molecule has 0 spiro atoms. The molecule has 0 atom stereocenters. The van der Waals surface area contributed by atoms with Crippen molar-refractivity contribution in [3.8, 4) is 0 Å². The van der Waals surface area contributed by atoms with Gasteiger partial charge in [0.05, 0.1) is 0 Å². The Hall–Kier alpha value is -1.14. The second-order valence-electron chi connectivity index (χ2n) is 1.49. The summed E-state index contributed by atoms with van der Waals surface area (Å²) >= 11 is 0. The number of carbonyl (C=O) groups is 1. The zero-order valence-electron chi connectivity index (χ0n) is 5.26. The Kier molecular flexibility index (Phi) is 4.37. The molecule has 0 rings (SSSR count). The van der Waals surface area contributed by atoms with Crippen molar-refractivity contribution in [2.24, 2.45) is 0 Å². The van der Waals surface area contributed by atoms with Crippen molar-refractivity contribution >= 4 is 11.7 Å². The summed E-state index contributed by atoms with van der Waals surface area (Å²) in [7, 11) is 0. The van der Waals surface area contributed by atoms with Crippen LogP contribution in [0.2, 0.25) is 0 Å². The number of ketones is 1. The molecule has 0 aromatic carbocycles. The first-order valence-corrected chi connectivity index (χ1v) is 2.66. The van der Waals surface area contributed by atoms with Crippen LogP contribution < -0.4 is 0 Å². The first-order valence-electron chi connectivity index (χ1n) is 2.66. The Morgan fingerprint density at radius 1 is 1.67 bits per heavy atom. The van der Waals surface area contributed by atoms with Gasteiger partial charge in [-0.05, 0) is 13.0 Å². The van der Waals surface area contributed by atoms with Crippen LogP contribution in [0.5, 0.6) is 0 Å². The van der Waals surface area contributed by atoms with Crippen molar-refractivity contribution in [3.05, 3.63) is 18.2 Å². The molecule has 0 heterocycles. The first-order chi connectivity index (χ1) is 4.31. The van der Waals surface area contributed by atoms with E-state index in [2.05, 4.69) is 0 Å². The van der Waals surface area contributed by atoms with E-state index in [1.54, 1.807) is 13.0 Å². The van der Waals surface area contributed by atoms with Crippen molar-refractivity contribution in [2.45, 2.75) is 13.3 Å². The SMILES string of the molecule is CC=CC(=O)CC=C=O. The highest BCUT2D eigenvalue weighted by molar-refractivity contribution is 5.91. The van der Waals surface area contributed by atoms with E-state index in [9.17, 15) is 9.59 Å². The molecule has 2 heteroatoms. The zero-order chi connectivity index (χ0) is 7.11. The zero-order valence-corrected chi connectivity index (χ0v) is 5.26. The fourth-order valence-electron chi connectivity index (χ4n) is 0.396. The quantitative estimate of drug-likeness (QED) is 0.414. The van der Waals surface area contributed by atoms with Crippen molar-refractivity contribution < 1.29 is 9.59 Å². The molecule has 0 aliphatic heterocycles. The van der Waals surface area contributed by atoms with Gasteiger partial charge in [0.1, 0.15) is 5.94 Å². The van der Waals surface area contributed by atoms with Crippen LogP contribution in [0.1, 0.15) is 13.3 Å². The molecule has 2 nitrogen and oxygen atoms in total. The normalized spacial score (nSPS) is 9.00. The molecule has 0 amide bonds. The molecule has 0 aliphatic carbocycles. The topological polar surface area (TPSA) is 34.1 Å². The fourth-order valence-corrected chi connectivity index (χ4v) is 0.396. The summed E-state index contributed by atoms with van der Waals surface area (Å²) in [6, 6.07) is 0. The second kappa shape index (κ2) is 5.01. The Balaban J connectivity index is 3.64. The van der Waals surface area contributed by atoms with Crippen LogP contribution in [0.3, 0.4) is 0 Å². The van der Waals surface area contributed by atoms with Gasteiger partial charge in [0.2, 0.25) is 0 Å². The molecule has 0 bridgehead atoms. The third-order valence-electron chi connectivity index (χ3n) is 0.739. The minimum atomic E-state index is -0.0687. The average molecular weight is 124 g/mol. The van der Waals surface area contributed by atoms with Gasteiger partial charge in [-0.1, -0.05) is 6.08 Å². The third kappa shape index (κ3) is 4.72. The van der Waals surface area contributed by atoms with Gasteiger partial charge in [-0.3, -0.25) is 4.79 Å². The van der Waals surface area contributed by atoms with Crippen molar-refractivity contribution in [1.82, 2.24) is 0 Å². The predicted octanol–water partition coefficient (Wildman–Crippen LogP) is 0.909. The van der Waals surface area contributed by atoms with Crippen LogP contribution in [0.15, 0.2) is 18.2 Å². The molecule has 0 fully saturated rings. The maximum atomic E-state index is 10.5. The summed E-state index contributed by atoms with van der Waals surface area (Å²) < 4.78 is 0. The smallest absolute Gasteiger partial charge is 0.159 e. The van der Waals surface area contributed by atoms with Gasteiger partial charge in [-0.2, -0.15) is 0 Å². The highest BCUT2D eigenvalue weighted by Crippen LogP contribution is 1.83. The molecule has 48 valence electrons. The molecule has 0 radical (unpaired) electrons. The van der Waals surface area contributed by atoms with Gasteiger partial charge >= 0.3 is 0 Å². The lowest BCUT2D eigenvalue weighted by Gasteiger charge is -1.79. The number of allylic oxidation sites excluding steroid dienone is 3. The molecule has 0 N–H and O–H groups in total. The van der Waals surface area contributed by atoms with Crippen molar-refractivity contribution in [3.63, 3.8) is 0 Å². The van der Waals surface area contributed by atoms with E-state index in [1.807, 2.05) is 0 Å². The maximum absolute atomic E-state index is 10.5. The lowest BCUT2D eigenvalue weighted by Crippen LogP contribution is -1.87. The number of hydrogen-bond acceptors (Lipinski definition) is 2. The van der Waals surface area contributed by atoms with E-state index in [4.69, 9.17) is 0 Å². The van der Waals surface area contributed by atoms with Gasteiger partial charge in [0.15, 0.2) is 5.78 Å². The molecular formula is C7H8O2. The number of hydrogen-bond donors (Lipinski definition) is 0. The molecule has 0 aromatic rings. The summed E-state index contributed by atoms with van der Waals surface area (Å²) in [6.45, 7) is 1.75. The number of carbonyl (C=O) groups excluding carboxylic acids is 2. The summed E-state index contributed by atoms with van der Waals surface area (Å²) in [6.07, 6.45) is 4.39. The Morgan fingerprint density at radius 3 is 2.78 bits per heavy atom. The summed E-state index contributed by atoms with van der Waals surface area (Å²) in [5, 5.41) is 0. The van der Waals surface area contributed by atoms with Gasteiger partial charge in [0, 0.05) is 12.5 Å².